The number of hydrogen-bond acceptors (Lipinski definition) is 5. The van der Waals surface area contributed by atoms with Gasteiger partial charge < -0.3 is 20.1 Å². The molecule has 3 N–H and O–H groups in total. The highest BCUT2D eigenvalue weighted by molar-refractivity contribution is 6.40. The molecule has 0 spiro atoms. The van der Waals surface area contributed by atoms with Gasteiger partial charge in [0, 0.05) is 12.4 Å². The van der Waals surface area contributed by atoms with Crippen LogP contribution in [0, 0.1) is 0 Å². The largest absolute Gasteiger partial charge is 0.493 e. The van der Waals surface area contributed by atoms with Crippen molar-refractivity contribution in [2.24, 2.45) is 17.3 Å². The summed E-state index contributed by atoms with van der Waals surface area (Å²) in [4.78, 5) is 35.1. The van der Waals surface area contributed by atoms with Gasteiger partial charge in [0.15, 0.2) is 5.69 Å². The Balaban J connectivity index is 1.83. The number of aromatic hydroxyl groups is 1. The number of fused-ring (bicyclic) bond motifs is 1. The quantitative estimate of drug-likeness (QED) is 0.484. The molecule has 3 rings (SSSR count). The van der Waals surface area contributed by atoms with Crippen LogP contribution < -0.4 is 5.32 Å². The third-order valence-corrected chi connectivity index (χ3v) is 3.89. The minimum atomic E-state index is -1.25. The SMILES string of the molecule is Cn1c(O)c(N=NC(=O)C(=O)Nc2ccccc2C(=O)O)c2ccccc21. The number of azo groups is 1. The first-order valence-corrected chi connectivity index (χ1v) is 7.76. The van der Waals surface area contributed by atoms with Crippen molar-refractivity contribution in [2.75, 3.05) is 5.32 Å². The topological polar surface area (TPSA) is 133 Å². The second kappa shape index (κ2) is 7.08. The fourth-order valence-corrected chi connectivity index (χ4v) is 2.55. The molecule has 9 heteroatoms. The first kappa shape index (κ1) is 17.8. The van der Waals surface area contributed by atoms with Gasteiger partial charge in [0.25, 0.3) is 0 Å². The van der Waals surface area contributed by atoms with E-state index in [2.05, 4.69) is 15.5 Å². The summed E-state index contributed by atoms with van der Waals surface area (Å²) in [6.45, 7) is 0. The van der Waals surface area contributed by atoms with E-state index in [0.717, 1.165) is 0 Å². The molecule has 0 aliphatic carbocycles. The molecule has 1 aromatic heterocycles. The second-order valence-corrected chi connectivity index (χ2v) is 5.56. The standard InChI is InChI=1S/C18H14N4O5/c1-22-13-9-5-3-7-11(13)14(17(22)25)20-21-16(24)15(23)19-12-8-4-2-6-10(12)18(26)27/h2-9,25H,1H3,(H,19,23)(H,26,27). The van der Waals surface area contributed by atoms with Gasteiger partial charge in [0.2, 0.25) is 5.88 Å². The minimum absolute atomic E-state index is 0.0356. The first-order valence-electron chi connectivity index (χ1n) is 7.76. The Hall–Kier alpha value is -4.01. The summed E-state index contributed by atoms with van der Waals surface area (Å²) >= 11 is 0. The number of amides is 2. The van der Waals surface area contributed by atoms with Gasteiger partial charge in [-0.1, -0.05) is 30.3 Å². The molecule has 2 amide bonds. The Bertz CT molecular complexity index is 1100. The fraction of sp³-hybridized carbons (Fsp3) is 0.0556. The van der Waals surface area contributed by atoms with Gasteiger partial charge in [-0.2, -0.15) is 0 Å². The molecule has 1 heterocycles. The third-order valence-electron chi connectivity index (χ3n) is 3.89. The second-order valence-electron chi connectivity index (χ2n) is 5.56. The molecular weight excluding hydrogens is 352 g/mol. The maximum Gasteiger partial charge on any atom is 0.353 e. The molecule has 0 fully saturated rings. The molecule has 0 aliphatic heterocycles. The molecule has 3 aromatic rings. The highest BCUT2D eigenvalue weighted by Gasteiger charge is 2.19. The maximum atomic E-state index is 12.0. The number of benzene rings is 2. The number of carbonyl (C=O) groups is 3. The summed E-state index contributed by atoms with van der Waals surface area (Å²) in [6.07, 6.45) is 0. The number of carbonyl (C=O) groups excluding carboxylic acids is 2. The Morgan fingerprint density at radius 1 is 1.04 bits per heavy atom. The number of para-hydroxylation sites is 2. The zero-order chi connectivity index (χ0) is 19.6. The number of nitrogens with zero attached hydrogens (tertiary/aromatic N) is 3. The van der Waals surface area contributed by atoms with Crippen LogP contribution in [0.3, 0.4) is 0 Å². The monoisotopic (exact) mass is 366 g/mol. The van der Waals surface area contributed by atoms with Crippen LogP contribution in [0.15, 0.2) is 58.8 Å². The Morgan fingerprint density at radius 3 is 2.44 bits per heavy atom. The lowest BCUT2D eigenvalue weighted by atomic mass is 10.2. The van der Waals surface area contributed by atoms with E-state index in [-0.39, 0.29) is 22.8 Å². The number of hydrogen-bond donors (Lipinski definition) is 3. The van der Waals surface area contributed by atoms with Crippen LogP contribution in [0.4, 0.5) is 11.4 Å². The van der Waals surface area contributed by atoms with Crippen molar-refractivity contribution < 1.29 is 24.6 Å². The molecule has 0 saturated carbocycles. The molecule has 0 atom stereocenters. The van der Waals surface area contributed by atoms with Crippen LogP contribution in [-0.2, 0) is 16.6 Å². The van der Waals surface area contributed by atoms with Crippen molar-refractivity contribution in [3.63, 3.8) is 0 Å². The normalized spacial score (nSPS) is 11.0. The average Bonchev–Trinajstić information content (AvgIpc) is 2.91. The lowest BCUT2D eigenvalue weighted by molar-refractivity contribution is -0.134. The molecule has 27 heavy (non-hydrogen) atoms. The summed E-state index contributed by atoms with van der Waals surface area (Å²) in [5, 5.41) is 29.0. The number of anilines is 1. The van der Waals surface area contributed by atoms with Gasteiger partial charge in [0.05, 0.1) is 16.8 Å². The Morgan fingerprint density at radius 2 is 1.70 bits per heavy atom. The van der Waals surface area contributed by atoms with Crippen LogP contribution >= 0.6 is 0 Å². The van der Waals surface area contributed by atoms with Gasteiger partial charge in [-0.3, -0.25) is 9.59 Å². The van der Waals surface area contributed by atoms with E-state index in [9.17, 15) is 19.5 Å². The zero-order valence-electron chi connectivity index (χ0n) is 14.1. The third kappa shape index (κ3) is 3.38. The highest BCUT2D eigenvalue weighted by Crippen LogP contribution is 2.37. The summed E-state index contributed by atoms with van der Waals surface area (Å²) in [5.74, 6) is -3.83. The fourth-order valence-electron chi connectivity index (χ4n) is 2.55. The Kier molecular flexibility index (Phi) is 4.67. The van der Waals surface area contributed by atoms with E-state index >= 15 is 0 Å². The van der Waals surface area contributed by atoms with Crippen molar-refractivity contribution >= 4 is 40.1 Å². The summed E-state index contributed by atoms with van der Waals surface area (Å²) in [6, 6.07) is 12.6. The van der Waals surface area contributed by atoms with Crippen LogP contribution in [-0.4, -0.2) is 32.6 Å². The molecule has 2 aromatic carbocycles. The smallest absolute Gasteiger partial charge is 0.353 e. The van der Waals surface area contributed by atoms with Gasteiger partial charge >= 0.3 is 17.8 Å². The Labute approximate surface area is 152 Å². The van der Waals surface area contributed by atoms with E-state index in [1.165, 1.54) is 28.8 Å². The van der Waals surface area contributed by atoms with Gasteiger partial charge in [0.1, 0.15) is 0 Å². The number of carboxylic acids is 1. The van der Waals surface area contributed by atoms with Gasteiger partial charge in [-0.15, -0.1) is 10.2 Å². The van der Waals surface area contributed by atoms with Crippen molar-refractivity contribution in [1.29, 1.82) is 0 Å². The summed E-state index contributed by atoms with van der Waals surface area (Å²) in [7, 11) is 1.62. The lowest BCUT2D eigenvalue weighted by Crippen LogP contribution is -2.22. The molecule has 0 saturated heterocycles. The number of aromatic nitrogens is 1. The number of rotatable bonds is 3. The molecular formula is C18H14N4O5. The van der Waals surface area contributed by atoms with E-state index < -0.39 is 17.8 Å². The van der Waals surface area contributed by atoms with Crippen molar-refractivity contribution in [3.8, 4) is 5.88 Å². The average molecular weight is 366 g/mol. The van der Waals surface area contributed by atoms with Crippen molar-refractivity contribution in [1.82, 2.24) is 4.57 Å². The predicted octanol–water partition coefficient (Wildman–Crippen LogP) is 2.83. The molecule has 0 radical (unpaired) electrons. The van der Waals surface area contributed by atoms with E-state index in [0.29, 0.717) is 10.9 Å². The zero-order valence-corrected chi connectivity index (χ0v) is 14.1. The van der Waals surface area contributed by atoms with E-state index in [1.807, 2.05) is 0 Å². The summed E-state index contributed by atoms with van der Waals surface area (Å²) < 4.78 is 1.47. The van der Waals surface area contributed by atoms with E-state index in [1.54, 1.807) is 31.3 Å². The molecule has 0 aliphatic rings. The minimum Gasteiger partial charge on any atom is -0.493 e. The van der Waals surface area contributed by atoms with Crippen molar-refractivity contribution in [3.05, 3.63) is 54.1 Å². The summed E-state index contributed by atoms with van der Waals surface area (Å²) in [5.41, 5.74) is 0.533. The molecule has 136 valence electrons. The molecule has 0 unspecified atom stereocenters. The van der Waals surface area contributed by atoms with Gasteiger partial charge in [-0.25, -0.2) is 4.79 Å². The highest BCUT2D eigenvalue weighted by atomic mass is 16.4. The molecule has 9 nitrogen and oxygen atoms in total. The van der Waals surface area contributed by atoms with Crippen LogP contribution in [0.25, 0.3) is 10.9 Å². The number of carboxylic acid groups (broad SMARTS) is 1. The van der Waals surface area contributed by atoms with Gasteiger partial charge in [-0.05, 0) is 18.2 Å². The van der Waals surface area contributed by atoms with E-state index in [4.69, 9.17) is 5.11 Å². The van der Waals surface area contributed by atoms with Crippen LogP contribution in [0.2, 0.25) is 0 Å². The number of nitrogens with one attached hydrogen (secondary N) is 1. The number of aryl methyl sites for hydroxylation is 1. The number of aromatic carboxylic acids is 1. The maximum absolute atomic E-state index is 12.0. The molecule has 0 bridgehead atoms. The lowest BCUT2D eigenvalue weighted by Gasteiger charge is -2.05. The first-order chi connectivity index (χ1) is 12.9. The van der Waals surface area contributed by atoms with Crippen molar-refractivity contribution in [2.45, 2.75) is 0 Å². The van der Waals surface area contributed by atoms with Crippen LogP contribution in [0.1, 0.15) is 10.4 Å². The predicted molar refractivity (Wildman–Crippen MR) is 96.1 cm³/mol. The van der Waals surface area contributed by atoms with Crippen LogP contribution in [0.5, 0.6) is 5.88 Å².